The van der Waals surface area contributed by atoms with Gasteiger partial charge in [-0.2, -0.15) is 0 Å². The predicted molar refractivity (Wildman–Crippen MR) is 100 cm³/mol. The molecular formula is C16H21BN2O7S. The van der Waals surface area contributed by atoms with Crippen LogP contribution in [0.1, 0.15) is 20.3 Å². The summed E-state index contributed by atoms with van der Waals surface area (Å²) < 4.78 is 28.6. The number of hydrogen-bond acceptors (Lipinski definition) is 8. The summed E-state index contributed by atoms with van der Waals surface area (Å²) >= 11 is 0. The van der Waals surface area contributed by atoms with E-state index in [9.17, 15) is 28.1 Å². The van der Waals surface area contributed by atoms with Gasteiger partial charge in [0.05, 0.1) is 23.8 Å². The average Bonchev–Trinajstić information content (AvgIpc) is 2.59. The third-order valence-corrected chi connectivity index (χ3v) is 6.51. The molecule has 11 heteroatoms. The van der Waals surface area contributed by atoms with E-state index in [4.69, 9.17) is 4.74 Å². The molecule has 1 heterocycles. The minimum absolute atomic E-state index is 0.0421. The molecule has 0 aliphatic rings. The van der Waals surface area contributed by atoms with E-state index in [-0.39, 0.29) is 35.9 Å². The van der Waals surface area contributed by atoms with Crippen LogP contribution in [0.2, 0.25) is 0 Å². The van der Waals surface area contributed by atoms with E-state index in [1.807, 2.05) is 0 Å². The van der Waals surface area contributed by atoms with Crippen molar-refractivity contribution >= 4 is 39.3 Å². The second-order valence-electron chi connectivity index (χ2n) is 6.37. The Morgan fingerprint density at radius 3 is 2.59 bits per heavy atom. The van der Waals surface area contributed by atoms with Crippen LogP contribution in [-0.4, -0.2) is 58.7 Å². The van der Waals surface area contributed by atoms with Crippen molar-refractivity contribution in [2.24, 2.45) is 0 Å². The van der Waals surface area contributed by atoms with E-state index in [1.165, 1.54) is 36.0 Å². The number of ether oxygens (including phenoxy) is 1. The number of fused-ring (bicyclic) bond motifs is 1. The summed E-state index contributed by atoms with van der Waals surface area (Å²) in [4.78, 5) is 28.9. The lowest BCUT2D eigenvalue weighted by Crippen LogP contribution is -2.45. The minimum Gasteiger partial charge on any atom is -0.465 e. The van der Waals surface area contributed by atoms with Gasteiger partial charge in [0, 0.05) is 12.8 Å². The number of aryl methyl sites for hydroxylation is 1. The number of esters is 1. The van der Waals surface area contributed by atoms with Gasteiger partial charge >= 0.3 is 13.1 Å². The van der Waals surface area contributed by atoms with E-state index in [2.05, 4.69) is 4.98 Å². The van der Waals surface area contributed by atoms with Crippen LogP contribution >= 0.6 is 0 Å². The maximum atomic E-state index is 12.6. The minimum atomic E-state index is -3.79. The first-order valence-electron chi connectivity index (χ1n) is 8.23. The van der Waals surface area contributed by atoms with Gasteiger partial charge in [-0.1, -0.05) is 6.07 Å². The van der Waals surface area contributed by atoms with Gasteiger partial charge < -0.3 is 14.8 Å². The van der Waals surface area contributed by atoms with Crippen LogP contribution in [0.15, 0.2) is 29.3 Å². The molecule has 0 spiro atoms. The fraction of sp³-hybridized carbons (Fsp3) is 0.438. The summed E-state index contributed by atoms with van der Waals surface area (Å²) in [6.45, 7) is 2.83. The highest BCUT2D eigenvalue weighted by Crippen LogP contribution is 2.23. The molecule has 0 aliphatic carbocycles. The Bertz CT molecular complexity index is 1020. The molecule has 0 aliphatic heterocycles. The van der Waals surface area contributed by atoms with E-state index in [1.54, 1.807) is 6.92 Å². The van der Waals surface area contributed by atoms with Crippen molar-refractivity contribution in [1.82, 2.24) is 9.55 Å². The van der Waals surface area contributed by atoms with Crippen LogP contribution in [0.25, 0.3) is 10.9 Å². The van der Waals surface area contributed by atoms with Crippen molar-refractivity contribution in [3.05, 3.63) is 34.9 Å². The van der Waals surface area contributed by atoms with Crippen molar-refractivity contribution in [2.45, 2.75) is 31.6 Å². The number of carbonyl (C=O) groups is 1. The Hall–Kier alpha value is -2.24. The monoisotopic (exact) mass is 396 g/mol. The van der Waals surface area contributed by atoms with Gasteiger partial charge in [0.2, 0.25) is 0 Å². The molecule has 0 fully saturated rings. The van der Waals surface area contributed by atoms with Gasteiger partial charge in [0.1, 0.15) is 0 Å². The predicted octanol–water partition coefficient (Wildman–Crippen LogP) is -1.17. The average molecular weight is 396 g/mol. The van der Waals surface area contributed by atoms with Crippen molar-refractivity contribution in [1.29, 1.82) is 0 Å². The molecule has 1 aromatic heterocycles. The second-order valence-corrected chi connectivity index (χ2v) is 8.81. The fourth-order valence-corrected chi connectivity index (χ4v) is 3.38. The zero-order valence-electron chi connectivity index (χ0n) is 15.2. The molecule has 2 aromatic rings. The Morgan fingerprint density at radius 1 is 1.37 bits per heavy atom. The summed E-state index contributed by atoms with van der Waals surface area (Å²) in [6.07, 6.45) is 2.02. The van der Waals surface area contributed by atoms with Gasteiger partial charge in [0.25, 0.3) is 5.56 Å². The van der Waals surface area contributed by atoms with Crippen LogP contribution in [0.4, 0.5) is 0 Å². The summed E-state index contributed by atoms with van der Waals surface area (Å²) in [5, 5.41) is 18.6. The van der Waals surface area contributed by atoms with E-state index < -0.39 is 33.2 Å². The van der Waals surface area contributed by atoms with Gasteiger partial charge in [-0.15, -0.1) is 0 Å². The molecule has 146 valence electrons. The van der Waals surface area contributed by atoms with Gasteiger partial charge in [-0.25, -0.2) is 13.4 Å². The van der Waals surface area contributed by atoms with E-state index >= 15 is 0 Å². The van der Waals surface area contributed by atoms with Crippen molar-refractivity contribution in [3.63, 3.8) is 0 Å². The van der Waals surface area contributed by atoms with Crippen LogP contribution in [0, 0.1) is 0 Å². The smallest absolute Gasteiger partial charge is 0.465 e. The highest BCUT2D eigenvalue weighted by atomic mass is 32.2. The van der Waals surface area contributed by atoms with Crippen LogP contribution in [0.5, 0.6) is 0 Å². The first-order valence-corrected chi connectivity index (χ1v) is 10.1. The third kappa shape index (κ3) is 4.20. The number of hydrogen-bond donors (Lipinski definition) is 2. The van der Waals surface area contributed by atoms with Crippen LogP contribution in [-0.2, 0) is 25.9 Å². The SMILES string of the molecule is CCOC(=O)[C@@](C)(CCn1cnc2cc(B(O)O)ccc2c1=O)S(C)(=O)=O. The Kier molecular flexibility index (Phi) is 6.08. The van der Waals surface area contributed by atoms with Gasteiger partial charge in [0.15, 0.2) is 14.6 Å². The molecule has 2 rings (SSSR count). The van der Waals surface area contributed by atoms with Crippen molar-refractivity contribution in [2.75, 3.05) is 12.9 Å². The molecular weight excluding hydrogens is 375 g/mol. The molecule has 27 heavy (non-hydrogen) atoms. The molecule has 0 radical (unpaired) electrons. The molecule has 0 bridgehead atoms. The number of rotatable bonds is 7. The standard InChI is InChI=1S/C16H21BN2O7S/c1-4-26-15(21)16(2,27(3,24)25)7-8-19-10-18-13-9-11(17(22)23)5-6-12(13)14(19)20/h5-6,9-10,22-23H,4,7-8H2,1-3H3/t16-/m1/s1. The van der Waals surface area contributed by atoms with E-state index in [0.717, 1.165) is 6.26 Å². The number of nitrogens with zero attached hydrogens (tertiary/aromatic N) is 2. The molecule has 1 aromatic carbocycles. The Balaban J connectivity index is 2.37. The Morgan fingerprint density at radius 2 is 2.04 bits per heavy atom. The number of aromatic nitrogens is 2. The second kappa shape index (κ2) is 7.79. The number of benzene rings is 1. The fourth-order valence-electron chi connectivity index (χ4n) is 2.55. The third-order valence-electron chi connectivity index (χ3n) is 4.50. The Labute approximate surface area is 156 Å². The molecule has 0 saturated heterocycles. The number of carbonyl (C=O) groups excluding carboxylic acids is 1. The first-order chi connectivity index (χ1) is 12.5. The van der Waals surface area contributed by atoms with Crippen LogP contribution < -0.4 is 11.0 Å². The zero-order chi connectivity index (χ0) is 20.4. The molecule has 0 unspecified atom stereocenters. The molecule has 9 nitrogen and oxygen atoms in total. The van der Waals surface area contributed by atoms with Crippen molar-refractivity contribution in [3.8, 4) is 0 Å². The summed E-state index contributed by atoms with van der Waals surface area (Å²) in [5.74, 6) is -0.865. The molecule has 0 saturated carbocycles. The normalized spacial score (nSPS) is 14.0. The summed E-state index contributed by atoms with van der Waals surface area (Å²) in [7, 11) is -5.47. The lowest BCUT2D eigenvalue weighted by atomic mass is 9.80. The first kappa shape index (κ1) is 21.1. The lowest BCUT2D eigenvalue weighted by molar-refractivity contribution is -0.146. The summed E-state index contributed by atoms with van der Waals surface area (Å²) in [5.41, 5.74) is 0.0379. The molecule has 0 amide bonds. The lowest BCUT2D eigenvalue weighted by Gasteiger charge is -2.25. The topological polar surface area (TPSA) is 136 Å². The van der Waals surface area contributed by atoms with Crippen molar-refractivity contribution < 1.29 is 28.0 Å². The maximum absolute atomic E-state index is 12.6. The zero-order valence-corrected chi connectivity index (χ0v) is 16.1. The molecule has 1 atom stereocenters. The quantitative estimate of drug-likeness (QED) is 0.442. The maximum Gasteiger partial charge on any atom is 0.488 e. The summed E-state index contributed by atoms with van der Waals surface area (Å²) in [6, 6.07) is 4.18. The highest BCUT2D eigenvalue weighted by molar-refractivity contribution is 7.92. The highest BCUT2D eigenvalue weighted by Gasteiger charge is 2.44. The largest absolute Gasteiger partial charge is 0.488 e. The van der Waals surface area contributed by atoms with Gasteiger partial charge in [-0.05, 0) is 37.9 Å². The molecule has 2 N–H and O–H groups in total. The van der Waals surface area contributed by atoms with E-state index in [0.29, 0.717) is 0 Å². The van der Waals surface area contributed by atoms with Gasteiger partial charge in [-0.3, -0.25) is 14.2 Å². The number of sulfone groups is 1. The van der Waals surface area contributed by atoms with Crippen LogP contribution in [0.3, 0.4) is 0 Å².